The van der Waals surface area contributed by atoms with E-state index in [9.17, 15) is 14.9 Å². The molecule has 8 nitrogen and oxygen atoms in total. The quantitative estimate of drug-likeness (QED) is 0.464. The third kappa shape index (κ3) is 5.49. The van der Waals surface area contributed by atoms with Crippen LogP contribution in [0.5, 0.6) is 0 Å². The van der Waals surface area contributed by atoms with E-state index in [1.807, 2.05) is 38.1 Å². The van der Waals surface area contributed by atoms with Crippen molar-refractivity contribution in [3.63, 3.8) is 0 Å². The Bertz CT molecular complexity index is 996. The van der Waals surface area contributed by atoms with E-state index in [0.717, 1.165) is 11.1 Å². The molecule has 3 rings (SSSR count). The van der Waals surface area contributed by atoms with E-state index in [-0.39, 0.29) is 23.4 Å². The number of carbonyl (C=O) groups is 1. The third-order valence-corrected chi connectivity index (χ3v) is 4.19. The van der Waals surface area contributed by atoms with Crippen LogP contribution in [0.3, 0.4) is 0 Å². The second kappa shape index (κ2) is 9.11. The largest absolute Gasteiger partial charge is 0.374 e. The van der Waals surface area contributed by atoms with Crippen LogP contribution in [0.25, 0.3) is 5.69 Å². The number of amides is 1. The Hall–Kier alpha value is -3.52. The molecule has 1 heterocycles. The van der Waals surface area contributed by atoms with Crippen LogP contribution in [0.4, 0.5) is 5.69 Å². The molecule has 0 saturated heterocycles. The number of carbonyl (C=O) groups excluding carboxylic acids is 1. The maximum atomic E-state index is 12.4. The summed E-state index contributed by atoms with van der Waals surface area (Å²) in [4.78, 5) is 22.8. The summed E-state index contributed by atoms with van der Waals surface area (Å²) >= 11 is 0. The van der Waals surface area contributed by atoms with Crippen LogP contribution in [0.15, 0.2) is 60.8 Å². The van der Waals surface area contributed by atoms with Gasteiger partial charge in [-0.05, 0) is 37.1 Å². The Kier molecular flexibility index (Phi) is 6.36. The van der Waals surface area contributed by atoms with Crippen LogP contribution >= 0.6 is 0 Å². The van der Waals surface area contributed by atoms with Crippen molar-refractivity contribution >= 4 is 11.6 Å². The van der Waals surface area contributed by atoms with Crippen molar-refractivity contribution in [1.29, 1.82) is 0 Å². The molecular formula is C21H22N4O4. The second-order valence-corrected chi connectivity index (χ2v) is 6.78. The predicted molar refractivity (Wildman–Crippen MR) is 108 cm³/mol. The number of aromatic nitrogens is 2. The first-order chi connectivity index (χ1) is 13.9. The Labute approximate surface area is 168 Å². The van der Waals surface area contributed by atoms with Gasteiger partial charge in [0.1, 0.15) is 0 Å². The number of ether oxygens (including phenoxy) is 1. The number of non-ortho nitro benzene ring substituents is 1. The second-order valence-electron chi connectivity index (χ2n) is 6.78. The van der Waals surface area contributed by atoms with Crippen LogP contribution in [0.2, 0.25) is 0 Å². The summed E-state index contributed by atoms with van der Waals surface area (Å²) < 4.78 is 7.00. The zero-order valence-corrected chi connectivity index (χ0v) is 16.2. The zero-order valence-electron chi connectivity index (χ0n) is 16.2. The van der Waals surface area contributed by atoms with Gasteiger partial charge in [0, 0.05) is 24.9 Å². The minimum absolute atomic E-state index is 0.0359. The standard InChI is InChI=1S/C21H22N4O4/c1-15(2)29-14-17-8-6-16(7-9-17)13-22-21(26)20-10-11-24(23-20)18-4-3-5-19(12-18)25(27)28/h3-12,15H,13-14H2,1-2H3,(H,22,26). The Morgan fingerprint density at radius 1 is 1.17 bits per heavy atom. The van der Waals surface area contributed by atoms with Crippen molar-refractivity contribution in [2.45, 2.75) is 33.1 Å². The lowest BCUT2D eigenvalue weighted by Crippen LogP contribution is -2.23. The minimum atomic E-state index is -0.471. The van der Waals surface area contributed by atoms with E-state index in [4.69, 9.17) is 4.74 Å². The van der Waals surface area contributed by atoms with Crippen molar-refractivity contribution in [1.82, 2.24) is 15.1 Å². The lowest BCUT2D eigenvalue weighted by atomic mass is 10.1. The van der Waals surface area contributed by atoms with Gasteiger partial charge in [-0.15, -0.1) is 0 Å². The summed E-state index contributed by atoms with van der Waals surface area (Å²) in [6, 6.07) is 15.5. The molecule has 8 heteroatoms. The first-order valence-electron chi connectivity index (χ1n) is 9.20. The molecule has 0 radical (unpaired) electrons. The van der Waals surface area contributed by atoms with Crippen LogP contribution in [0, 0.1) is 10.1 Å². The predicted octanol–water partition coefficient (Wildman–Crippen LogP) is 3.64. The summed E-state index contributed by atoms with van der Waals surface area (Å²) in [5.41, 5.74) is 2.75. The molecule has 0 aliphatic rings. The monoisotopic (exact) mass is 394 g/mol. The number of benzene rings is 2. The van der Waals surface area contributed by atoms with Gasteiger partial charge in [-0.1, -0.05) is 30.3 Å². The van der Waals surface area contributed by atoms with Crippen LogP contribution in [-0.2, 0) is 17.9 Å². The van der Waals surface area contributed by atoms with Gasteiger partial charge in [0.05, 0.1) is 23.3 Å². The first kappa shape index (κ1) is 20.2. The van der Waals surface area contributed by atoms with Gasteiger partial charge in [-0.2, -0.15) is 5.10 Å². The molecule has 0 saturated carbocycles. The Morgan fingerprint density at radius 2 is 1.90 bits per heavy atom. The fourth-order valence-corrected chi connectivity index (χ4v) is 2.63. The molecule has 1 N–H and O–H groups in total. The highest BCUT2D eigenvalue weighted by atomic mass is 16.6. The lowest BCUT2D eigenvalue weighted by molar-refractivity contribution is -0.384. The SMILES string of the molecule is CC(C)OCc1ccc(CNC(=O)c2ccn(-c3cccc([N+](=O)[O-])c3)n2)cc1. The Balaban J connectivity index is 1.59. The first-order valence-corrected chi connectivity index (χ1v) is 9.20. The molecule has 0 aliphatic heterocycles. The van der Waals surface area contributed by atoms with E-state index in [0.29, 0.717) is 18.8 Å². The fourth-order valence-electron chi connectivity index (χ4n) is 2.63. The van der Waals surface area contributed by atoms with Crippen molar-refractivity contribution in [3.8, 4) is 5.69 Å². The topological polar surface area (TPSA) is 99.3 Å². The Morgan fingerprint density at radius 3 is 2.59 bits per heavy atom. The highest BCUT2D eigenvalue weighted by Crippen LogP contribution is 2.16. The lowest BCUT2D eigenvalue weighted by Gasteiger charge is -2.08. The van der Waals surface area contributed by atoms with Gasteiger partial charge in [0.15, 0.2) is 5.69 Å². The molecule has 3 aromatic rings. The summed E-state index contributed by atoms with van der Waals surface area (Å²) in [5, 5.41) is 17.9. The van der Waals surface area contributed by atoms with E-state index in [1.54, 1.807) is 24.4 Å². The molecule has 0 aliphatic carbocycles. The van der Waals surface area contributed by atoms with Crippen molar-refractivity contribution in [2.24, 2.45) is 0 Å². The number of rotatable bonds is 8. The molecule has 29 heavy (non-hydrogen) atoms. The number of nitrogens with zero attached hydrogens (tertiary/aromatic N) is 3. The van der Waals surface area contributed by atoms with Crippen LogP contribution < -0.4 is 5.32 Å². The minimum Gasteiger partial charge on any atom is -0.374 e. The molecule has 1 aromatic heterocycles. The number of hydrogen-bond donors (Lipinski definition) is 1. The van der Waals surface area contributed by atoms with Crippen molar-refractivity contribution in [2.75, 3.05) is 0 Å². The molecule has 0 fully saturated rings. The maximum absolute atomic E-state index is 12.4. The number of nitrogens with one attached hydrogen (secondary N) is 1. The van der Waals surface area contributed by atoms with Gasteiger partial charge < -0.3 is 10.1 Å². The molecule has 0 spiro atoms. The van der Waals surface area contributed by atoms with Gasteiger partial charge in [-0.25, -0.2) is 4.68 Å². The number of nitro groups is 1. The van der Waals surface area contributed by atoms with Gasteiger partial charge in [0.25, 0.3) is 11.6 Å². The summed E-state index contributed by atoms with van der Waals surface area (Å²) in [6.07, 6.45) is 1.77. The van der Waals surface area contributed by atoms with Gasteiger partial charge in [-0.3, -0.25) is 14.9 Å². The van der Waals surface area contributed by atoms with Crippen LogP contribution in [0.1, 0.15) is 35.5 Å². The smallest absolute Gasteiger partial charge is 0.272 e. The molecule has 150 valence electrons. The summed E-state index contributed by atoms with van der Waals surface area (Å²) in [7, 11) is 0. The maximum Gasteiger partial charge on any atom is 0.272 e. The van der Waals surface area contributed by atoms with Crippen molar-refractivity contribution in [3.05, 3.63) is 87.7 Å². The van der Waals surface area contributed by atoms with Crippen LogP contribution in [-0.4, -0.2) is 26.7 Å². The van der Waals surface area contributed by atoms with E-state index in [2.05, 4.69) is 10.4 Å². The molecule has 1 amide bonds. The van der Waals surface area contributed by atoms with Gasteiger partial charge in [0.2, 0.25) is 0 Å². The number of nitro benzene ring substituents is 1. The highest BCUT2D eigenvalue weighted by Gasteiger charge is 2.12. The zero-order chi connectivity index (χ0) is 20.8. The average molecular weight is 394 g/mol. The number of hydrogen-bond acceptors (Lipinski definition) is 5. The molecule has 0 atom stereocenters. The molecular weight excluding hydrogens is 372 g/mol. The molecule has 2 aromatic carbocycles. The van der Waals surface area contributed by atoms with E-state index in [1.165, 1.54) is 16.8 Å². The van der Waals surface area contributed by atoms with Gasteiger partial charge >= 0.3 is 0 Å². The van der Waals surface area contributed by atoms with E-state index >= 15 is 0 Å². The van der Waals surface area contributed by atoms with Crippen molar-refractivity contribution < 1.29 is 14.5 Å². The third-order valence-electron chi connectivity index (χ3n) is 4.19. The van der Waals surface area contributed by atoms with E-state index < -0.39 is 4.92 Å². The molecule has 0 unspecified atom stereocenters. The highest BCUT2D eigenvalue weighted by molar-refractivity contribution is 5.92. The average Bonchev–Trinajstić information content (AvgIpc) is 3.21. The molecule has 0 bridgehead atoms. The summed E-state index contributed by atoms with van der Waals surface area (Å²) in [6.45, 7) is 4.90. The fraction of sp³-hybridized carbons (Fsp3) is 0.238. The normalized spacial score (nSPS) is 10.9. The summed E-state index contributed by atoms with van der Waals surface area (Å²) in [5.74, 6) is -0.318.